The minimum Gasteiger partial charge on any atom is -0.377 e. The summed E-state index contributed by atoms with van der Waals surface area (Å²) in [5.41, 5.74) is 0.460. The van der Waals surface area contributed by atoms with Gasteiger partial charge in [0.2, 0.25) is 5.91 Å². The molecule has 2 atom stereocenters. The SMILES string of the molecule is CCC1OCCC1C(=O)Nc1cc(F)ccc1Br. The van der Waals surface area contributed by atoms with E-state index < -0.39 is 0 Å². The van der Waals surface area contributed by atoms with Crippen molar-refractivity contribution >= 4 is 27.5 Å². The smallest absolute Gasteiger partial charge is 0.230 e. The summed E-state index contributed by atoms with van der Waals surface area (Å²) in [6.45, 7) is 2.61. The fraction of sp³-hybridized carbons (Fsp3) is 0.462. The first-order chi connectivity index (χ1) is 8.61. The van der Waals surface area contributed by atoms with Crippen LogP contribution in [-0.2, 0) is 9.53 Å². The second kappa shape index (κ2) is 5.80. The Hall–Kier alpha value is -0.940. The van der Waals surface area contributed by atoms with Crippen molar-refractivity contribution in [1.29, 1.82) is 0 Å². The zero-order valence-corrected chi connectivity index (χ0v) is 11.7. The summed E-state index contributed by atoms with van der Waals surface area (Å²) in [6.07, 6.45) is 1.50. The third kappa shape index (κ3) is 2.90. The van der Waals surface area contributed by atoms with Crippen LogP contribution in [0.5, 0.6) is 0 Å². The Balaban J connectivity index is 2.09. The maximum Gasteiger partial charge on any atom is 0.230 e. The zero-order valence-electron chi connectivity index (χ0n) is 10.1. The Bertz CT molecular complexity index is 453. The van der Waals surface area contributed by atoms with Gasteiger partial charge in [-0.1, -0.05) is 6.92 Å². The third-order valence-electron chi connectivity index (χ3n) is 3.13. The van der Waals surface area contributed by atoms with Crippen LogP contribution in [0.3, 0.4) is 0 Å². The number of amides is 1. The molecule has 1 aromatic rings. The number of hydrogen-bond acceptors (Lipinski definition) is 2. The molecule has 18 heavy (non-hydrogen) atoms. The number of rotatable bonds is 3. The van der Waals surface area contributed by atoms with Crippen molar-refractivity contribution in [2.75, 3.05) is 11.9 Å². The minimum atomic E-state index is -0.372. The van der Waals surface area contributed by atoms with Crippen LogP contribution in [0.2, 0.25) is 0 Å². The summed E-state index contributed by atoms with van der Waals surface area (Å²) in [5, 5.41) is 2.75. The van der Waals surface area contributed by atoms with E-state index in [0.29, 0.717) is 16.8 Å². The van der Waals surface area contributed by atoms with Crippen molar-refractivity contribution < 1.29 is 13.9 Å². The van der Waals surface area contributed by atoms with Crippen molar-refractivity contribution in [3.63, 3.8) is 0 Å². The molecule has 1 amide bonds. The van der Waals surface area contributed by atoms with Crippen molar-refractivity contribution in [2.45, 2.75) is 25.9 Å². The number of carbonyl (C=O) groups is 1. The monoisotopic (exact) mass is 315 g/mol. The second-order valence-corrected chi connectivity index (χ2v) is 5.18. The summed E-state index contributed by atoms with van der Waals surface area (Å²) in [5.74, 6) is -0.626. The van der Waals surface area contributed by atoms with Crippen LogP contribution in [0.1, 0.15) is 19.8 Å². The van der Waals surface area contributed by atoms with Crippen LogP contribution in [0.25, 0.3) is 0 Å². The normalized spacial score (nSPS) is 23.1. The van der Waals surface area contributed by atoms with Crippen LogP contribution in [0, 0.1) is 11.7 Å². The molecule has 0 bridgehead atoms. The highest BCUT2D eigenvalue weighted by Gasteiger charge is 2.32. The molecule has 2 rings (SSSR count). The van der Waals surface area contributed by atoms with E-state index in [4.69, 9.17) is 4.74 Å². The minimum absolute atomic E-state index is 0.0302. The molecule has 1 fully saturated rings. The third-order valence-corrected chi connectivity index (χ3v) is 3.83. The molecule has 2 unspecified atom stereocenters. The number of anilines is 1. The van der Waals surface area contributed by atoms with Gasteiger partial charge < -0.3 is 10.1 Å². The highest BCUT2D eigenvalue weighted by molar-refractivity contribution is 9.10. The topological polar surface area (TPSA) is 38.3 Å². The molecule has 1 aliphatic rings. The van der Waals surface area contributed by atoms with Crippen molar-refractivity contribution in [1.82, 2.24) is 0 Å². The molecule has 1 saturated heterocycles. The molecule has 0 aromatic heterocycles. The maximum absolute atomic E-state index is 13.1. The molecule has 1 N–H and O–H groups in total. The van der Waals surface area contributed by atoms with E-state index in [0.717, 1.165) is 12.8 Å². The summed E-state index contributed by atoms with van der Waals surface area (Å²) < 4.78 is 19.3. The lowest BCUT2D eigenvalue weighted by Gasteiger charge is -2.17. The summed E-state index contributed by atoms with van der Waals surface area (Å²) in [4.78, 5) is 12.1. The highest BCUT2D eigenvalue weighted by atomic mass is 79.9. The standard InChI is InChI=1S/C13H15BrFNO2/c1-2-12-9(5-6-18-12)13(17)16-11-7-8(15)3-4-10(11)14/h3-4,7,9,12H,2,5-6H2,1H3,(H,16,17). The number of nitrogens with one attached hydrogen (secondary N) is 1. The summed E-state index contributed by atoms with van der Waals surface area (Å²) >= 11 is 3.29. The van der Waals surface area contributed by atoms with Gasteiger partial charge in [0.05, 0.1) is 17.7 Å². The molecule has 3 nitrogen and oxygen atoms in total. The first-order valence-electron chi connectivity index (χ1n) is 5.99. The number of benzene rings is 1. The Morgan fingerprint density at radius 3 is 3.11 bits per heavy atom. The Morgan fingerprint density at radius 2 is 2.39 bits per heavy atom. The first kappa shape index (κ1) is 13.5. The fourth-order valence-corrected chi connectivity index (χ4v) is 2.52. The van der Waals surface area contributed by atoms with E-state index in [1.54, 1.807) is 6.07 Å². The first-order valence-corrected chi connectivity index (χ1v) is 6.78. The maximum atomic E-state index is 13.1. The van der Waals surface area contributed by atoms with Crippen LogP contribution >= 0.6 is 15.9 Å². The van der Waals surface area contributed by atoms with Crippen molar-refractivity contribution in [2.24, 2.45) is 5.92 Å². The molecule has 98 valence electrons. The lowest BCUT2D eigenvalue weighted by atomic mass is 9.98. The molecule has 5 heteroatoms. The van der Waals surface area contributed by atoms with Gasteiger partial charge >= 0.3 is 0 Å². The van der Waals surface area contributed by atoms with E-state index in [-0.39, 0.29) is 23.7 Å². The Kier molecular flexibility index (Phi) is 4.35. The van der Waals surface area contributed by atoms with Crippen molar-refractivity contribution in [3.05, 3.63) is 28.5 Å². The van der Waals surface area contributed by atoms with Crippen LogP contribution in [0.15, 0.2) is 22.7 Å². The van der Waals surface area contributed by atoms with Gasteiger partial charge in [-0.2, -0.15) is 0 Å². The largest absolute Gasteiger partial charge is 0.377 e. The quantitative estimate of drug-likeness (QED) is 0.929. The number of ether oxygens (including phenoxy) is 1. The van der Waals surface area contributed by atoms with E-state index in [1.165, 1.54) is 12.1 Å². The van der Waals surface area contributed by atoms with E-state index in [1.807, 2.05) is 6.92 Å². The highest BCUT2D eigenvalue weighted by Crippen LogP contribution is 2.27. The van der Waals surface area contributed by atoms with Gasteiger partial charge in [-0.15, -0.1) is 0 Å². The molecular formula is C13H15BrFNO2. The summed E-state index contributed by atoms with van der Waals surface area (Å²) in [7, 11) is 0. The van der Waals surface area contributed by atoms with Gasteiger partial charge in [-0.3, -0.25) is 4.79 Å². The molecule has 0 spiro atoms. The van der Waals surface area contributed by atoms with E-state index >= 15 is 0 Å². The van der Waals surface area contributed by atoms with Gasteiger partial charge in [0.1, 0.15) is 5.82 Å². The molecule has 1 aliphatic heterocycles. The van der Waals surface area contributed by atoms with Gasteiger partial charge in [-0.25, -0.2) is 4.39 Å². The molecule has 0 aliphatic carbocycles. The Morgan fingerprint density at radius 1 is 1.61 bits per heavy atom. The molecular weight excluding hydrogens is 301 g/mol. The van der Waals surface area contributed by atoms with Gasteiger partial charge in [0.15, 0.2) is 0 Å². The number of carbonyl (C=O) groups excluding carboxylic acids is 1. The molecule has 1 heterocycles. The predicted molar refractivity (Wildman–Crippen MR) is 70.9 cm³/mol. The average molecular weight is 316 g/mol. The Labute approximate surface area is 114 Å². The lowest BCUT2D eigenvalue weighted by Crippen LogP contribution is -2.29. The lowest BCUT2D eigenvalue weighted by molar-refractivity contribution is -0.121. The van der Waals surface area contributed by atoms with Crippen LogP contribution in [-0.4, -0.2) is 18.6 Å². The molecule has 0 saturated carbocycles. The van der Waals surface area contributed by atoms with E-state index in [2.05, 4.69) is 21.2 Å². The van der Waals surface area contributed by atoms with Gasteiger partial charge in [0, 0.05) is 11.1 Å². The number of hydrogen-bond donors (Lipinski definition) is 1. The molecule has 0 radical (unpaired) electrons. The predicted octanol–water partition coefficient (Wildman–Crippen LogP) is 3.34. The van der Waals surface area contributed by atoms with Crippen LogP contribution < -0.4 is 5.32 Å². The molecule has 1 aromatic carbocycles. The zero-order chi connectivity index (χ0) is 13.1. The average Bonchev–Trinajstić information content (AvgIpc) is 2.82. The number of halogens is 2. The van der Waals surface area contributed by atoms with Crippen molar-refractivity contribution in [3.8, 4) is 0 Å². The second-order valence-electron chi connectivity index (χ2n) is 4.33. The van der Waals surface area contributed by atoms with Gasteiger partial charge in [-0.05, 0) is 47.0 Å². The van der Waals surface area contributed by atoms with Gasteiger partial charge in [0.25, 0.3) is 0 Å². The fourth-order valence-electron chi connectivity index (χ4n) is 2.17. The summed E-state index contributed by atoms with van der Waals surface area (Å²) in [6, 6.07) is 4.22. The van der Waals surface area contributed by atoms with E-state index in [9.17, 15) is 9.18 Å². The van der Waals surface area contributed by atoms with Crippen LogP contribution in [0.4, 0.5) is 10.1 Å².